The van der Waals surface area contributed by atoms with E-state index in [0.717, 1.165) is 56.7 Å². The van der Waals surface area contributed by atoms with Crippen molar-refractivity contribution < 1.29 is 47.3 Å². The number of carboxylic acids is 2. The van der Waals surface area contributed by atoms with Crippen LogP contribution in [0.25, 0.3) is 0 Å². The maximum Gasteiger partial charge on any atom is 0.573 e. The number of anilines is 2. The van der Waals surface area contributed by atoms with Crippen molar-refractivity contribution in [2.75, 3.05) is 10.6 Å². The minimum absolute atomic E-state index is 0.0468. The molecule has 0 bridgehead atoms. The largest absolute Gasteiger partial charge is 0.573 e. The Morgan fingerprint density at radius 3 is 1.64 bits per heavy atom. The van der Waals surface area contributed by atoms with Gasteiger partial charge >= 0.3 is 18.3 Å². The molecule has 0 unspecified atom stereocenters. The molecule has 2 aliphatic rings. The van der Waals surface area contributed by atoms with Crippen molar-refractivity contribution in [1.29, 1.82) is 0 Å². The first kappa shape index (κ1) is 29.5. The van der Waals surface area contributed by atoms with E-state index in [0.29, 0.717) is 18.5 Å². The summed E-state index contributed by atoms with van der Waals surface area (Å²) in [6.45, 7) is 0. The maximum atomic E-state index is 12.4. The molecule has 0 radical (unpaired) electrons. The van der Waals surface area contributed by atoms with Gasteiger partial charge in [0.25, 0.3) is 0 Å². The van der Waals surface area contributed by atoms with Crippen LogP contribution in [0.4, 0.5) is 24.5 Å². The normalized spacial score (nSPS) is 15.7. The lowest BCUT2D eigenvalue weighted by molar-refractivity contribution is -0.274. The third-order valence-electron chi connectivity index (χ3n) is 6.56. The lowest BCUT2D eigenvalue weighted by atomic mass is 10.1. The van der Waals surface area contributed by atoms with Crippen LogP contribution in [0.5, 0.6) is 5.75 Å². The highest BCUT2D eigenvalue weighted by molar-refractivity contribution is 5.96. The highest BCUT2D eigenvalue weighted by Crippen LogP contribution is 2.33. The third-order valence-corrected chi connectivity index (χ3v) is 6.56. The fourth-order valence-electron chi connectivity index (χ4n) is 4.52. The van der Waals surface area contributed by atoms with Crippen molar-refractivity contribution in [3.63, 3.8) is 0 Å². The highest BCUT2D eigenvalue weighted by Gasteiger charge is 2.33. The summed E-state index contributed by atoms with van der Waals surface area (Å²) in [5.74, 6) is -3.54. The van der Waals surface area contributed by atoms with Crippen LogP contribution < -0.4 is 15.4 Å². The number of amides is 2. The number of carbonyl (C=O) groups is 4. The zero-order chi connectivity index (χ0) is 28.6. The van der Waals surface area contributed by atoms with E-state index in [2.05, 4.69) is 15.4 Å². The number of hydrogen-bond donors (Lipinski definition) is 4. The van der Waals surface area contributed by atoms with Crippen LogP contribution >= 0.6 is 0 Å². The summed E-state index contributed by atoms with van der Waals surface area (Å²) >= 11 is 0. The number of rotatable bonds is 7. The fourth-order valence-corrected chi connectivity index (χ4v) is 4.52. The van der Waals surface area contributed by atoms with E-state index < -0.39 is 24.1 Å². The third kappa shape index (κ3) is 9.01. The predicted octanol–water partition coefficient (Wildman–Crippen LogP) is 5.93. The van der Waals surface area contributed by atoms with Crippen molar-refractivity contribution >= 4 is 35.1 Å². The van der Waals surface area contributed by atoms with E-state index in [1.165, 1.54) is 12.1 Å². The smallest absolute Gasteiger partial charge is 0.478 e. The molecule has 2 aromatic carbocycles. The molecule has 2 aromatic rings. The summed E-state index contributed by atoms with van der Waals surface area (Å²) in [7, 11) is 0. The first-order chi connectivity index (χ1) is 18.4. The van der Waals surface area contributed by atoms with Gasteiger partial charge in [-0.05, 0) is 68.1 Å². The number of halogens is 3. The lowest BCUT2D eigenvalue weighted by Gasteiger charge is -2.16. The second-order valence-corrected chi connectivity index (χ2v) is 9.39. The summed E-state index contributed by atoms with van der Waals surface area (Å²) in [4.78, 5) is 45.3. The molecular weight excluding hydrogens is 521 g/mol. The van der Waals surface area contributed by atoms with E-state index in [4.69, 9.17) is 10.2 Å². The molecule has 39 heavy (non-hydrogen) atoms. The van der Waals surface area contributed by atoms with E-state index in [1.54, 1.807) is 12.1 Å². The molecule has 0 saturated heterocycles. The molecule has 0 aromatic heterocycles. The van der Waals surface area contributed by atoms with Gasteiger partial charge in [-0.25, -0.2) is 9.59 Å². The molecule has 0 spiro atoms. The summed E-state index contributed by atoms with van der Waals surface area (Å²) in [6, 6.07) is 9.17. The lowest BCUT2D eigenvalue weighted by Crippen LogP contribution is -2.23. The Hall–Kier alpha value is -4.09. The average molecular weight is 551 g/mol. The SMILES string of the molecule is O=C(O)c1ccc(NC(=O)C2CCCC2)c(OC(F)(F)F)c1.O=C(O)c1ccc(NC(=O)C2CCCC2)cc1. The summed E-state index contributed by atoms with van der Waals surface area (Å²) in [6.07, 6.45) is 2.36. The number of benzene rings is 2. The Labute approximate surface area is 222 Å². The molecule has 2 fully saturated rings. The van der Waals surface area contributed by atoms with Gasteiger partial charge < -0.3 is 25.6 Å². The van der Waals surface area contributed by atoms with Crippen LogP contribution in [0.3, 0.4) is 0 Å². The van der Waals surface area contributed by atoms with Gasteiger partial charge in [-0.3, -0.25) is 9.59 Å². The van der Waals surface area contributed by atoms with Gasteiger partial charge in [-0.15, -0.1) is 13.2 Å². The van der Waals surface area contributed by atoms with Gasteiger partial charge in [0.15, 0.2) is 5.75 Å². The Morgan fingerprint density at radius 1 is 0.718 bits per heavy atom. The van der Waals surface area contributed by atoms with Gasteiger partial charge in [0.1, 0.15) is 0 Å². The van der Waals surface area contributed by atoms with Gasteiger partial charge in [-0.1, -0.05) is 25.7 Å². The summed E-state index contributed by atoms with van der Waals surface area (Å²) < 4.78 is 41.0. The average Bonchev–Trinajstić information content (AvgIpc) is 3.60. The van der Waals surface area contributed by atoms with Crippen molar-refractivity contribution in [2.45, 2.75) is 57.7 Å². The zero-order valence-corrected chi connectivity index (χ0v) is 20.9. The molecule has 0 aliphatic heterocycles. The number of hydrogen-bond acceptors (Lipinski definition) is 5. The Kier molecular flexibility index (Phi) is 9.91. The molecule has 2 aliphatic carbocycles. The molecule has 210 valence electrons. The minimum Gasteiger partial charge on any atom is -0.478 e. The van der Waals surface area contributed by atoms with Crippen LogP contribution in [0, 0.1) is 11.8 Å². The number of alkyl halides is 3. The van der Waals surface area contributed by atoms with Gasteiger partial charge in [-0.2, -0.15) is 0 Å². The topological polar surface area (TPSA) is 142 Å². The summed E-state index contributed by atoms with van der Waals surface area (Å²) in [5.41, 5.74) is 0.327. The molecule has 4 N–H and O–H groups in total. The van der Waals surface area contributed by atoms with Crippen molar-refractivity contribution in [2.24, 2.45) is 11.8 Å². The highest BCUT2D eigenvalue weighted by atomic mass is 19.4. The van der Waals surface area contributed by atoms with E-state index in [-0.39, 0.29) is 40.5 Å². The summed E-state index contributed by atoms with van der Waals surface area (Å²) in [5, 5.41) is 22.8. The van der Waals surface area contributed by atoms with Gasteiger partial charge in [0.05, 0.1) is 16.8 Å². The fraction of sp³-hybridized carbons (Fsp3) is 0.407. The van der Waals surface area contributed by atoms with E-state index in [1.807, 2.05) is 0 Å². The molecule has 2 amide bonds. The molecular formula is C27H29F3N2O7. The molecule has 2 saturated carbocycles. The number of carboxylic acid groups (broad SMARTS) is 2. The number of carbonyl (C=O) groups excluding carboxylic acids is 2. The van der Waals surface area contributed by atoms with Crippen molar-refractivity contribution in [1.82, 2.24) is 0 Å². The molecule has 0 atom stereocenters. The van der Waals surface area contributed by atoms with Gasteiger partial charge in [0.2, 0.25) is 11.8 Å². The second kappa shape index (κ2) is 13.1. The second-order valence-electron chi connectivity index (χ2n) is 9.39. The van der Waals surface area contributed by atoms with Crippen molar-refractivity contribution in [3.8, 4) is 5.75 Å². The van der Waals surface area contributed by atoms with Crippen LogP contribution in [0.1, 0.15) is 72.1 Å². The van der Waals surface area contributed by atoms with Crippen LogP contribution in [-0.4, -0.2) is 40.3 Å². The van der Waals surface area contributed by atoms with Crippen LogP contribution in [-0.2, 0) is 9.59 Å². The standard InChI is InChI=1S/C14H14F3NO4.C13H15NO3/c15-14(16,17)22-11-7-9(13(20)21)5-6-10(11)18-12(19)8-3-1-2-4-8;15-12(9-3-1-2-4-9)14-11-7-5-10(6-8-11)13(16)17/h5-8H,1-4H2,(H,18,19)(H,20,21);5-9H,1-4H2,(H,14,15)(H,16,17). The van der Waals surface area contributed by atoms with E-state index in [9.17, 15) is 32.3 Å². The number of ether oxygens (including phenoxy) is 1. The van der Waals surface area contributed by atoms with Crippen LogP contribution in [0.15, 0.2) is 42.5 Å². The molecule has 0 heterocycles. The Morgan fingerprint density at radius 2 is 1.18 bits per heavy atom. The van der Waals surface area contributed by atoms with E-state index >= 15 is 0 Å². The monoisotopic (exact) mass is 550 g/mol. The van der Waals surface area contributed by atoms with Gasteiger partial charge in [0, 0.05) is 17.5 Å². The quantitative estimate of drug-likeness (QED) is 0.335. The maximum absolute atomic E-state index is 12.4. The predicted molar refractivity (Wildman–Crippen MR) is 135 cm³/mol. The molecule has 4 rings (SSSR count). The molecule has 9 nitrogen and oxygen atoms in total. The van der Waals surface area contributed by atoms with Crippen LogP contribution in [0.2, 0.25) is 0 Å². The zero-order valence-electron chi connectivity index (χ0n) is 20.9. The number of nitrogens with one attached hydrogen (secondary N) is 2. The first-order valence-corrected chi connectivity index (χ1v) is 12.5. The number of aromatic carboxylic acids is 2. The van der Waals surface area contributed by atoms with Crippen molar-refractivity contribution in [3.05, 3.63) is 53.6 Å². The molecule has 12 heteroatoms. The Bertz CT molecular complexity index is 1190. The Balaban J connectivity index is 0.000000223. The minimum atomic E-state index is -4.98. The first-order valence-electron chi connectivity index (χ1n) is 12.5.